The fourth-order valence-corrected chi connectivity index (χ4v) is 2.33. The van der Waals surface area contributed by atoms with E-state index in [2.05, 4.69) is 5.32 Å². The van der Waals surface area contributed by atoms with Crippen molar-refractivity contribution >= 4 is 23.2 Å². The molecule has 3 nitrogen and oxygen atoms in total. The lowest BCUT2D eigenvalue weighted by Crippen LogP contribution is -2.28. The van der Waals surface area contributed by atoms with Gasteiger partial charge in [0.2, 0.25) is 0 Å². The quantitative estimate of drug-likeness (QED) is 0.841. The minimum atomic E-state index is -0.189. The number of rotatable bonds is 4. The largest absolute Gasteiger partial charge is 0.399 e. The molecule has 0 radical (unpaired) electrons. The Labute approximate surface area is 123 Å². The smallest absolute Gasteiger partial charge is 0.253 e. The number of halogens is 1. The third-order valence-electron chi connectivity index (χ3n) is 3.15. The molecule has 0 fully saturated rings. The fraction of sp³-hybridized carbons (Fsp3) is 0.188. The number of benzene rings is 2. The molecule has 20 heavy (non-hydrogen) atoms. The summed E-state index contributed by atoms with van der Waals surface area (Å²) in [7, 11) is 0. The number of anilines is 1. The van der Waals surface area contributed by atoms with E-state index in [1.54, 1.807) is 18.2 Å². The molecule has 4 heteroatoms. The molecule has 0 saturated carbocycles. The predicted octanol–water partition coefficient (Wildman–Crippen LogP) is 3.80. The van der Waals surface area contributed by atoms with Crippen LogP contribution in [0.2, 0.25) is 5.02 Å². The summed E-state index contributed by atoms with van der Waals surface area (Å²) in [5.74, 6) is -0.189. The summed E-state index contributed by atoms with van der Waals surface area (Å²) in [6.45, 7) is 2.03. The van der Waals surface area contributed by atoms with Gasteiger partial charge in [-0.15, -0.1) is 0 Å². The molecule has 104 valence electrons. The Morgan fingerprint density at radius 2 is 1.95 bits per heavy atom. The summed E-state index contributed by atoms with van der Waals surface area (Å²) >= 11 is 6.06. The third kappa shape index (κ3) is 3.31. The van der Waals surface area contributed by atoms with Gasteiger partial charge in [0.05, 0.1) is 16.6 Å². The highest BCUT2D eigenvalue weighted by molar-refractivity contribution is 6.34. The summed E-state index contributed by atoms with van der Waals surface area (Å²) in [4.78, 5) is 12.3. The second kappa shape index (κ2) is 6.44. The van der Waals surface area contributed by atoms with Gasteiger partial charge in [0.1, 0.15) is 0 Å². The second-order valence-corrected chi connectivity index (χ2v) is 4.99. The van der Waals surface area contributed by atoms with Crippen molar-refractivity contribution in [1.29, 1.82) is 0 Å². The molecule has 1 atom stereocenters. The van der Waals surface area contributed by atoms with Crippen LogP contribution >= 0.6 is 11.6 Å². The lowest BCUT2D eigenvalue weighted by atomic mass is 10.0. The third-order valence-corrected chi connectivity index (χ3v) is 3.47. The van der Waals surface area contributed by atoms with E-state index in [9.17, 15) is 4.79 Å². The molecule has 2 aromatic rings. The van der Waals surface area contributed by atoms with Gasteiger partial charge in [-0.25, -0.2) is 0 Å². The number of hydrogen-bond acceptors (Lipinski definition) is 2. The molecule has 0 aromatic heterocycles. The van der Waals surface area contributed by atoms with E-state index < -0.39 is 0 Å². The van der Waals surface area contributed by atoms with E-state index >= 15 is 0 Å². The first-order valence-electron chi connectivity index (χ1n) is 6.52. The summed E-state index contributed by atoms with van der Waals surface area (Å²) < 4.78 is 0. The van der Waals surface area contributed by atoms with Crippen molar-refractivity contribution in [3.63, 3.8) is 0 Å². The minimum absolute atomic E-state index is 0.0303. The van der Waals surface area contributed by atoms with Crippen LogP contribution in [-0.4, -0.2) is 5.91 Å². The Hall–Kier alpha value is -2.00. The summed E-state index contributed by atoms with van der Waals surface area (Å²) in [6, 6.07) is 14.7. The molecule has 3 N–H and O–H groups in total. The number of carbonyl (C=O) groups excluding carboxylic acids is 1. The van der Waals surface area contributed by atoms with Crippen LogP contribution in [0.3, 0.4) is 0 Å². The van der Waals surface area contributed by atoms with E-state index in [4.69, 9.17) is 17.3 Å². The molecule has 0 bridgehead atoms. The van der Waals surface area contributed by atoms with Gasteiger partial charge in [-0.05, 0) is 30.2 Å². The number of nitrogens with one attached hydrogen (secondary N) is 1. The number of nitrogen functional groups attached to an aromatic ring is 1. The van der Waals surface area contributed by atoms with Gasteiger partial charge in [-0.3, -0.25) is 4.79 Å². The van der Waals surface area contributed by atoms with Gasteiger partial charge in [0.25, 0.3) is 5.91 Å². The summed E-state index contributed by atoms with van der Waals surface area (Å²) in [5, 5.41) is 3.36. The van der Waals surface area contributed by atoms with Gasteiger partial charge in [0.15, 0.2) is 0 Å². The van der Waals surface area contributed by atoms with Crippen LogP contribution < -0.4 is 11.1 Å². The highest BCUT2D eigenvalue weighted by Crippen LogP contribution is 2.21. The van der Waals surface area contributed by atoms with Gasteiger partial charge < -0.3 is 11.1 Å². The average molecular weight is 289 g/mol. The number of hydrogen-bond donors (Lipinski definition) is 2. The molecule has 0 aliphatic heterocycles. The second-order valence-electron chi connectivity index (χ2n) is 4.58. The van der Waals surface area contributed by atoms with Crippen molar-refractivity contribution in [2.24, 2.45) is 0 Å². The monoisotopic (exact) mass is 288 g/mol. The van der Waals surface area contributed by atoms with Gasteiger partial charge in [-0.1, -0.05) is 48.9 Å². The Bertz CT molecular complexity index is 599. The van der Waals surface area contributed by atoms with Crippen LogP contribution in [0.25, 0.3) is 0 Å². The van der Waals surface area contributed by atoms with Crippen LogP contribution in [0.5, 0.6) is 0 Å². The average Bonchev–Trinajstić information content (AvgIpc) is 2.45. The molecule has 0 saturated heterocycles. The van der Waals surface area contributed by atoms with Crippen molar-refractivity contribution in [2.75, 3.05) is 5.73 Å². The van der Waals surface area contributed by atoms with Crippen molar-refractivity contribution in [3.05, 3.63) is 64.7 Å². The zero-order chi connectivity index (χ0) is 14.5. The molecule has 1 amide bonds. The summed E-state index contributed by atoms with van der Waals surface area (Å²) in [5.41, 5.74) is 7.69. The SMILES string of the molecule is CCC(NC(=O)c1ccc(N)cc1Cl)c1ccccc1. The van der Waals surface area contributed by atoms with Crippen LogP contribution in [0.15, 0.2) is 48.5 Å². The Morgan fingerprint density at radius 1 is 1.25 bits per heavy atom. The van der Waals surface area contributed by atoms with Crippen molar-refractivity contribution < 1.29 is 4.79 Å². The molecule has 1 unspecified atom stereocenters. The maximum absolute atomic E-state index is 12.3. The van der Waals surface area contributed by atoms with E-state index in [1.165, 1.54) is 0 Å². The molecule has 2 aromatic carbocycles. The van der Waals surface area contributed by atoms with Crippen LogP contribution in [0.4, 0.5) is 5.69 Å². The minimum Gasteiger partial charge on any atom is -0.399 e. The highest BCUT2D eigenvalue weighted by Gasteiger charge is 2.16. The molecular weight excluding hydrogens is 272 g/mol. The number of nitrogens with two attached hydrogens (primary N) is 1. The van der Waals surface area contributed by atoms with E-state index in [0.717, 1.165) is 12.0 Å². The zero-order valence-corrected chi connectivity index (χ0v) is 12.0. The van der Waals surface area contributed by atoms with Crippen molar-refractivity contribution in [3.8, 4) is 0 Å². The maximum Gasteiger partial charge on any atom is 0.253 e. The fourth-order valence-electron chi connectivity index (χ4n) is 2.06. The van der Waals surface area contributed by atoms with Crippen LogP contribution in [0, 0.1) is 0 Å². The summed E-state index contributed by atoms with van der Waals surface area (Å²) in [6.07, 6.45) is 0.808. The predicted molar refractivity (Wildman–Crippen MR) is 82.8 cm³/mol. The topological polar surface area (TPSA) is 55.1 Å². The normalized spacial score (nSPS) is 11.9. The van der Waals surface area contributed by atoms with Gasteiger partial charge in [-0.2, -0.15) is 0 Å². The lowest BCUT2D eigenvalue weighted by molar-refractivity contribution is 0.0936. The maximum atomic E-state index is 12.3. The van der Waals surface area contributed by atoms with Crippen molar-refractivity contribution in [2.45, 2.75) is 19.4 Å². The molecule has 0 spiro atoms. The highest BCUT2D eigenvalue weighted by atomic mass is 35.5. The van der Waals surface area contributed by atoms with E-state index in [0.29, 0.717) is 16.3 Å². The van der Waals surface area contributed by atoms with E-state index in [1.807, 2.05) is 37.3 Å². The molecule has 2 rings (SSSR count). The first-order valence-corrected chi connectivity index (χ1v) is 6.90. The first-order chi connectivity index (χ1) is 9.61. The molecule has 0 aliphatic carbocycles. The number of carbonyl (C=O) groups is 1. The Morgan fingerprint density at radius 3 is 2.55 bits per heavy atom. The van der Waals surface area contributed by atoms with Crippen LogP contribution in [0.1, 0.15) is 35.3 Å². The number of amides is 1. The van der Waals surface area contributed by atoms with Crippen LogP contribution in [-0.2, 0) is 0 Å². The van der Waals surface area contributed by atoms with E-state index in [-0.39, 0.29) is 11.9 Å². The standard InChI is InChI=1S/C16H17ClN2O/c1-2-15(11-6-4-3-5-7-11)19-16(20)13-9-8-12(18)10-14(13)17/h3-10,15H,2,18H2,1H3,(H,19,20). The molecular formula is C16H17ClN2O. The lowest BCUT2D eigenvalue weighted by Gasteiger charge is -2.18. The van der Waals surface area contributed by atoms with Gasteiger partial charge >= 0.3 is 0 Å². The van der Waals surface area contributed by atoms with Gasteiger partial charge in [0, 0.05) is 5.69 Å². The molecule has 0 heterocycles. The zero-order valence-electron chi connectivity index (χ0n) is 11.3. The van der Waals surface area contributed by atoms with Crippen molar-refractivity contribution in [1.82, 2.24) is 5.32 Å². The first kappa shape index (κ1) is 14.4. The Kier molecular flexibility index (Phi) is 4.64. The molecule has 0 aliphatic rings. The Balaban J connectivity index is 2.17.